The number of carboxylic acid groups (broad SMARTS) is 2. The van der Waals surface area contributed by atoms with Crippen molar-refractivity contribution in [2.24, 2.45) is 11.8 Å². The minimum atomic E-state index is -1.06. The molecule has 0 spiro atoms. The molecule has 3 N–H and O–H groups in total. The molecule has 1 saturated heterocycles. The lowest BCUT2D eigenvalue weighted by Crippen LogP contribution is -2.26. The van der Waals surface area contributed by atoms with E-state index in [1.54, 1.807) is 0 Å². The van der Waals surface area contributed by atoms with Crippen molar-refractivity contribution in [3.63, 3.8) is 0 Å². The summed E-state index contributed by atoms with van der Waals surface area (Å²) in [7, 11) is 0. The lowest BCUT2D eigenvalue weighted by molar-refractivity contribution is -0.157. The third kappa shape index (κ3) is 24.0. The number of carbonyl (C=O) groups is 3. The van der Waals surface area contributed by atoms with Crippen LogP contribution < -0.4 is 0 Å². The van der Waals surface area contributed by atoms with Gasteiger partial charge in [0.25, 0.3) is 0 Å². The quantitative estimate of drug-likeness (QED) is 0.0355. The second-order valence-electron chi connectivity index (χ2n) is 13.9. The van der Waals surface area contributed by atoms with Gasteiger partial charge in [-0.25, -0.2) is 0 Å². The molecule has 8 heteroatoms. The van der Waals surface area contributed by atoms with Gasteiger partial charge in [-0.15, -0.1) is 0 Å². The van der Waals surface area contributed by atoms with Crippen LogP contribution in [-0.2, 0) is 23.9 Å². The van der Waals surface area contributed by atoms with E-state index < -0.39 is 18.2 Å². The summed E-state index contributed by atoms with van der Waals surface area (Å²) in [5, 5.41) is 28.4. The first-order valence-electron chi connectivity index (χ1n) is 19.5. The molecule has 0 aromatic heterocycles. The third-order valence-corrected chi connectivity index (χ3v) is 9.51. The zero-order valence-corrected chi connectivity index (χ0v) is 30.5. The fraction of sp³-hybridized carbons (Fsp3) is 0.825. The van der Waals surface area contributed by atoms with Crippen LogP contribution in [0.4, 0.5) is 0 Å². The van der Waals surface area contributed by atoms with Gasteiger partial charge in [-0.2, -0.15) is 0 Å². The number of ether oxygens (including phenoxy) is 2. The van der Waals surface area contributed by atoms with Crippen molar-refractivity contribution in [1.29, 1.82) is 0 Å². The highest BCUT2D eigenvalue weighted by atomic mass is 16.6. The highest BCUT2D eigenvalue weighted by Gasteiger charge is 2.38. The van der Waals surface area contributed by atoms with E-state index in [0.717, 1.165) is 135 Å². The van der Waals surface area contributed by atoms with E-state index in [4.69, 9.17) is 19.7 Å². The molecule has 0 radical (unpaired) electrons. The van der Waals surface area contributed by atoms with Crippen LogP contribution in [0.25, 0.3) is 0 Å². The van der Waals surface area contributed by atoms with Gasteiger partial charge in [0.15, 0.2) is 0 Å². The first-order chi connectivity index (χ1) is 23.3. The number of cyclic esters (lactones) is 1. The fourth-order valence-corrected chi connectivity index (χ4v) is 6.56. The van der Waals surface area contributed by atoms with Gasteiger partial charge < -0.3 is 24.8 Å². The van der Waals surface area contributed by atoms with Crippen LogP contribution in [0, 0.1) is 11.8 Å². The molecule has 1 heterocycles. The molecule has 0 aromatic carbocycles. The van der Waals surface area contributed by atoms with E-state index in [1.165, 1.54) is 12.8 Å². The van der Waals surface area contributed by atoms with Crippen LogP contribution in [0.2, 0.25) is 0 Å². The number of unbranched alkanes of at least 4 members (excludes halogenated alkanes) is 13. The predicted molar refractivity (Wildman–Crippen MR) is 193 cm³/mol. The Bertz CT molecular complexity index is 884. The zero-order valence-electron chi connectivity index (χ0n) is 30.5. The normalized spacial score (nSPS) is 18.4. The maximum Gasteiger partial charge on any atom is 0.308 e. The lowest BCUT2D eigenvalue weighted by Gasteiger charge is -2.28. The standard InChI is InChI=1S/C40H70O8/c1-3-5-7-9-10-13-19-25-34(26-20-14-11-16-22-28-37(41)42)47-35(27-21-15-12-17-23-29-38(43)44)31-30-33(24-18-8-6-4-2)36-32-39(45)48-40(36)46/h9-10,18,24,33-36,40,46H,3-8,11-17,19-23,25-32H2,1-2H3,(H,41,42)(H,43,44)/b10-9+,24-18+. The van der Waals surface area contributed by atoms with Crippen molar-refractivity contribution in [1.82, 2.24) is 0 Å². The number of carbonyl (C=O) groups excluding carboxylic acids is 1. The molecule has 1 aliphatic rings. The number of aliphatic carboxylic acids is 2. The second kappa shape index (κ2) is 29.7. The van der Waals surface area contributed by atoms with E-state index in [-0.39, 0.29) is 49.3 Å². The Kier molecular flexibility index (Phi) is 27.1. The van der Waals surface area contributed by atoms with E-state index in [2.05, 4.69) is 38.2 Å². The molecule has 0 bridgehead atoms. The van der Waals surface area contributed by atoms with Gasteiger partial charge in [-0.05, 0) is 76.5 Å². The summed E-state index contributed by atoms with van der Waals surface area (Å²) >= 11 is 0. The molecule has 5 atom stereocenters. The average molecular weight is 679 g/mol. The highest BCUT2D eigenvalue weighted by molar-refractivity contribution is 5.72. The van der Waals surface area contributed by atoms with Crippen molar-refractivity contribution in [3.05, 3.63) is 24.3 Å². The molecule has 5 unspecified atom stereocenters. The Balaban J connectivity index is 2.90. The van der Waals surface area contributed by atoms with E-state index in [0.29, 0.717) is 0 Å². The van der Waals surface area contributed by atoms with Crippen molar-refractivity contribution in [2.45, 2.75) is 199 Å². The first kappa shape index (κ1) is 43.8. The fourth-order valence-electron chi connectivity index (χ4n) is 6.56. The monoisotopic (exact) mass is 679 g/mol. The maximum atomic E-state index is 12.0. The number of aliphatic hydroxyl groups excluding tert-OH is 1. The van der Waals surface area contributed by atoms with Gasteiger partial charge in [0, 0.05) is 18.8 Å². The van der Waals surface area contributed by atoms with Crippen LogP contribution in [0.5, 0.6) is 0 Å². The molecule has 0 aliphatic carbocycles. The molecule has 8 nitrogen and oxygen atoms in total. The minimum absolute atomic E-state index is 0.0444. The second-order valence-corrected chi connectivity index (χ2v) is 13.9. The summed E-state index contributed by atoms with van der Waals surface area (Å²) < 4.78 is 12.1. The van der Waals surface area contributed by atoms with Gasteiger partial charge in [0.05, 0.1) is 18.6 Å². The van der Waals surface area contributed by atoms with E-state index >= 15 is 0 Å². The topological polar surface area (TPSA) is 130 Å². The Hall–Kier alpha value is -2.19. The number of carboxylic acids is 2. The Morgan fingerprint density at radius 2 is 1.17 bits per heavy atom. The number of rotatable bonds is 33. The molecule has 1 fully saturated rings. The van der Waals surface area contributed by atoms with Crippen LogP contribution in [-0.4, -0.2) is 51.7 Å². The van der Waals surface area contributed by atoms with Crippen molar-refractivity contribution < 1.29 is 39.2 Å². The molecular formula is C40H70O8. The molecule has 0 amide bonds. The van der Waals surface area contributed by atoms with E-state index in [9.17, 15) is 19.5 Å². The zero-order chi connectivity index (χ0) is 35.2. The molecule has 1 rings (SSSR count). The van der Waals surface area contributed by atoms with E-state index in [1.807, 2.05) is 0 Å². The molecule has 278 valence electrons. The van der Waals surface area contributed by atoms with Gasteiger partial charge in [0.1, 0.15) is 0 Å². The largest absolute Gasteiger partial charge is 0.481 e. The van der Waals surface area contributed by atoms with Gasteiger partial charge in [-0.3, -0.25) is 14.4 Å². The van der Waals surface area contributed by atoms with Gasteiger partial charge in [0.2, 0.25) is 6.29 Å². The average Bonchev–Trinajstić information content (AvgIpc) is 3.39. The lowest BCUT2D eigenvalue weighted by atomic mass is 9.84. The third-order valence-electron chi connectivity index (χ3n) is 9.51. The summed E-state index contributed by atoms with van der Waals surface area (Å²) in [5.41, 5.74) is 0. The van der Waals surface area contributed by atoms with Gasteiger partial charge >= 0.3 is 17.9 Å². The number of hydrogen-bond donors (Lipinski definition) is 3. The Labute approximate surface area is 292 Å². The Morgan fingerprint density at radius 1 is 0.688 bits per heavy atom. The van der Waals surface area contributed by atoms with Crippen LogP contribution in [0.15, 0.2) is 24.3 Å². The number of allylic oxidation sites excluding steroid dienone is 4. The summed E-state index contributed by atoms with van der Waals surface area (Å²) in [5.74, 6) is -1.98. The Morgan fingerprint density at radius 3 is 1.69 bits per heavy atom. The number of aliphatic hydroxyl groups is 1. The van der Waals surface area contributed by atoms with Crippen molar-refractivity contribution in [2.75, 3.05) is 0 Å². The molecule has 1 aliphatic heterocycles. The highest BCUT2D eigenvalue weighted by Crippen LogP contribution is 2.33. The number of esters is 1. The summed E-state index contributed by atoms with van der Waals surface area (Å²) in [6.07, 6.45) is 32.0. The molecule has 48 heavy (non-hydrogen) atoms. The van der Waals surface area contributed by atoms with Crippen molar-refractivity contribution >= 4 is 17.9 Å². The van der Waals surface area contributed by atoms with Crippen LogP contribution in [0.3, 0.4) is 0 Å². The molecule has 0 saturated carbocycles. The summed E-state index contributed by atoms with van der Waals surface area (Å²) in [4.78, 5) is 33.7. The SMILES string of the molecule is CCCC/C=C/CCCC(CCCCCCCC(=O)O)OC(CCCCCCCC(=O)O)CCC(/C=C/CCCC)C1CC(=O)OC1O. The summed E-state index contributed by atoms with van der Waals surface area (Å²) in [6.45, 7) is 4.39. The molecular weight excluding hydrogens is 608 g/mol. The van der Waals surface area contributed by atoms with Gasteiger partial charge in [-0.1, -0.05) is 115 Å². The minimum Gasteiger partial charge on any atom is -0.481 e. The summed E-state index contributed by atoms with van der Waals surface area (Å²) in [6, 6.07) is 0. The number of hydrogen-bond acceptors (Lipinski definition) is 6. The first-order valence-corrected chi connectivity index (χ1v) is 19.5. The van der Waals surface area contributed by atoms with Crippen LogP contribution >= 0.6 is 0 Å². The van der Waals surface area contributed by atoms with Crippen LogP contribution in [0.1, 0.15) is 181 Å². The smallest absolute Gasteiger partial charge is 0.308 e. The molecule has 0 aromatic rings. The predicted octanol–water partition coefficient (Wildman–Crippen LogP) is 10.3. The van der Waals surface area contributed by atoms with Crippen molar-refractivity contribution in [3.8, 4) is 0 Å². The maximum absolute atomic E-state index is 12.0.